The highest BCUT2D eigenvalue weighted by molar-refractivity contribution is 5.79. The molecule has 1 rings (SSSR count). The minimum atomic E-state index is -0.557. The molecule has 0 radical (unpaired) electrons. The SMILES string of the molecule is Cc1noc(C)c1CC(=O)NCC(NC(=O)OC(C)(C)C)C(C)C. The van der Waals surface area contributed by atoms with E-state index >= 15 is 0 Å². The molecule has 1 heterocycles. The molecule has 0 aliphatic heterocycles. The molecule has 1 aromatic heterocycles. The fourth-order valence-electron chi connectivity index (χ4n) is 2.11. The van der Waals surface area contributed by atoms with E-state index in [9.17, 15) is 9.59 Å². The molecule has 0 spiro atoms. The Kier molecular flexibility index (Phi) is 6.81. The van der Waals surface area contributed by atoms with Crippen molar-refractivity contribution in [2.45, 2.75) is 66.5 Å². The van der Waals surface area contributed by atoms with Crippen molar-refractivity contribution in [3.05, 3.63) is 17.0 Å². The minimum Gasteiger partial charge on any atom is -0.444 e. The lowest BCUT2D eigenvalue weighted by molar-refractivity contribution is -0.120. The summed E-state index contributed by atoms with van der Waals surface area (Å²) in [5.74, 6) is 0.660. The van der Waals surface area contributed by atoms with Crippen LogP contribution in [0.15, 0.2) is 4.52 Å². The fourth-order valence-corrected chi connectivity index (χ4v) is 2.11. The molecular formula is C17H29N3O4. The van der Waals surface area contributed by atoms with Crippen molar-refractivity contribution in [1.29, 1.82) is 0 Å². The molecule has 0 fully saturated rings. The van der Waals surface area contributed by atoms with E-state index in [0.717, 1.165) is 11.3 Å². The Balaban J connectivity index is 2.54. The summed E-state index contributed by atoms with van der Waals surface area (Å²) in [6.45, 7) is 13.3. The molecule has 1 unspecified atom stereocenters. The molecular weight excluding hydrogens is 310 g/mol. The van der Waals surface area contributed by atoms with Crippen LogP contribution in [0.25, 0.3) is 0 Å². The van der Waals surface area contributed by atoms with Crippen LogP contribution < -0.4 is 10.6 Å². The van der Waals surface area contributed by atoms with Gasteiger partial charge in [0.2, 0.25) is 5.91 Å². The Morgan fingerprint density at radius 3 is 2.33 bits per heavy atom. The number of nitrogens with one attached hydrogen (secondary N) is 2. The number of carbonyl (C=O) groups is 2. The van der Waals surface area contributed by atoms with E-state index in [1.54, 1.807) is 13.8 Å². The van der Waals surface area contributed by atoms with Gasteiger partial charge in [-0.1, -0.05) is 19.0 Å². The van der Waals surface area contributed by atoms with Gasteiger partial charge in [0, 0.05) is 12.1 Å². The highest BCUT2D eigenvalue weighted by Gasteiger charge is 2.22. The molecule has 7 heteroatoms. The maximum atomic E-state index is 12.1. The van der Waals surface area contributed by atoms with Gasteiger partial charge in [-0.25, -0.2) is 4.79 Å². The summed E-state index contributed by atoms with van der Waals surface area (Å²) in [6.07, 6.45) is -0.278. The van der Waals surface area contributed by atoms with Crippen LogP contribution >= 0.6 is 0 Å². The van der Waals surface area contributed by atoms with Gasteiger partial charge in [0.15, 0.2) is 0 Å². The fraction of sp³-hybridized carbons (Fsp3) is 0.706. The molecule has 0 saturated heterocycles. The lowest BCUT2D eigenvalue weighted by Crippen LogP contribution is -2.48. The smallest absolute Gasteiger partial charge is 0.407 e. The Morgan fingerprint density at radius 2 is 1.88 bits per heavy atom. The molecule has 0 bridgehead atoms. The largest absolute Gasteiger partial charge is 0.444 e. The van der Waals surface area contributed by atoms with Crippen LogP contribution in [-0.4, -0.2) is 35.3 Å². The first-order valence-corrected chi connectivity index (χ1v) is 8.17. The summed E-state index contributed by atoms with van der Waals surface area (Å²) < 4.78 is 10.3. The van der Waals surface area contributed by atoms with E-state index in [1.807, 2.05) is 34.6 Å². The minimum absolute atomic E-state index is 0.138. The van der Waals surface area contributed by atoms with Gasteiger partial charge in [-0.3, -0.25) is 4.79 Å². The van der Waals surface area contributed by atoms with E-state index in [4.69, 9.17) is 9.26 Å². The highest BCUT2D eigenvalue weighted by atomic mass is 16.6. The number of carbonyl (C=O) groups excluding carboxylic acids is 2. The maximum absolute atomic E-state index is 12.1. The third kappa shape index (κ3) is 6.60. The second-order valence-corrected chi connectivity index (χ2v) is 7.28. The molecule has 2 amide bonds. The van der Waals surface area contributed by atoms with Gasteiger partial charge >= 0.3 is 6.09 Å². The quantitative estimate of drug-likeness (QED) is 0.830. The second-order valence-electron chi connectivity index (χ2n) is 7.28. The van der Waals surface area contributed by atoms with Crippen molar-refractivity contribution in [3.8, 4) is 0 Å². The lowest BCUT2D eigenvalue weighted by Gasteiger charge is -2.26. The Hall–Kier alpha value is -2.05. The standard InChI is InChI=1S/C17H29N3O4/c1-10(2)14(19-16(22)23-17(5,6)7)9-18-15(21)8-13-11(3)20-24-12(13)4/h10,14H,8-9H2,1-7H3,(H,18,21)(H,19,22). The van der Waals surface area contributed by atoms with Crippen molar-refractivity contribution in [2.75, 3.05) is 6.54 Å². The van der Waals surface area contributed by atoms with Gasteiger partial charge in [-0.2, -0.15) is 0 Å². The summed E-state index contributed by atoms with van der Waals surface area (Å²) in [5.41, 5.74) is 0.960. The van der Waals surface area contributed by atoms with E-state index in [-0.39, 0.29) is 24.3 Å². The topological polar surface area (TPSA) is 93.5 Å². The Labute approximate surface area is 143 Å². The van der Waals surface area contributed by atoms with E-state index in [1.165, 1.54) is 0 Å². The first-order valence-electron chi connectivity index (χ1n) is 8.17. The number of nitrogens with zero attached hydrogens (tertiary/aromatic N) is 1. The molecule has 0 aromatic carbocycles. The molecule has 136 valence electrons. The average Bonchev–Trinajstić information content (AvgIpc) is 2.73. The Bertz CT molecular complexity index is 553. The van der Waals surface area contributed by atoms with Gasteiger partial charge in [0.05, 0.1) is 18.2 Å². The van der Waals surface area contributed by atoms with Crippen LogP contribution in [0, 0.1) is 19.8 Å². The van der Waals surface area contributed by atoms with E-state index in [2.05, 4.69) is 15.8 Å². The van der Waals surface area contributed by atoms with Gasteiger partial charge in [0.25, 0.3) is 0 Å². The number of aryl methyl sites for hydroxylation is 2. The van der Waals surface area contributed by atoms with Crippen LogP contribution in [-0.2, 0) is 16.0 Å². The number of hydrogen-bond acceptors (Lipinski definition) is 5. The van der Waals surface area contributed by atoms with E-state index in [0.29, 0.717) is 12.3 Å². The third-order valence-electron chi connectivity index (χ3n) is 3.54. The normalized spacial score (nSPS) is 12.8. The van der Waals surface area contributed by atoms with Gasteiger partial charge in [-0.05, 0) is 40.5 Å². The van der Waals surface area contributed by atoms with Gasteiger partial charge < -0.3 is 19.9 Å². The number of amides is 2. The zero-order valence-corrected chi connectivity index (χ0v) is 15.6. The molecule has 1 aromatic rings. The van der Waals surface area contributed by atoms with Crippen LogP contribution in [0.2, 0.25) is 0 Å². The van der Waals surface area contributed by atoms with Crippen molar-refractivity contribution in [2.24, 2.45) is 5.92 Å². The summed E-state index contributed by atoms with van der Waals surface area (Å²) in [7, 11) is 0. The van der Waals surface area contributed by atoms with Crippen molar-refractivity contribution in [1.82, 2.24) is 15.8 Å². The van der Waals surface area contributed by atoms with Crippen molar-refractivity contribution >= 4 is 12.0 Å². The Morgan fingerprint density at radius 1 is 1.25 bits per heavy atom. The van der Waals surface area contributed by atoms with Gasteiger partial charge in [-0.15, -0.1) is 0 Å². The van der Waals surface area contributed by atoms with Gasteiger partial charge in [0.1, 0.15) is 11.4 Å². The van der Waals surface area contributed by atoms with Crippen molar-refractivity contribution in [3.63, 3.8) is 0 Å². The number of hydrogen-bond donors (Lipinski definition) is 2. The monoisotopic (exact) mass is 339 g/mol. The molecule has 1 atom stereocenters. The molecule has 24 heavy (non-hydrogen) atoms. The van der Waals surface area contributed by atoms with E-state index < -0.39 is 11.7 Å². The predicted molar refractivity (Wildman–Crippen MR) is 90.7 cm³/mol. The molecule has 0 saturated carbocycles. The number of alkyl carbamates (subject to hydrolysis) is 1. The summed E-state index contributed by atoms with van der Waals surface area (Å²) >= 11 is 0. The third-order valence-corrected chi connectivity index (χ3v) is 3.54. The first-order chi connectivity index (χ1) is 11.0. The predicted octanol–water partition coefficient (Wildman–Crippen LogP) is 2.50. The van der Waals surface area contributed by atoms with Crippen LogP contribution in [0.1, 0.15) is 51.6 Å². The zero-order chi connectivity index (χ0) is 18.5. The summed E-state index contributed by atoms with van der Waals surface area (Å²) in [4.78, 5) is 24.0. The maximum Gasteiger partial charge on any atom is 0.407 e. The summed E-state index contributed by atoms with van der Waals surface area (Å²) in [5, 5.41) is 9.49. The first kappa shape index (κ1) is 20.0. The molecule has 0 aliphatic carbocycles. The average molecular weight is 339 g/mol. The number of ether oxygens (including phenoxy) is 1. The second kappa shape index (κ2) is 8.17. The zero-order valence-electron chi connectivity index (χ0n) is 15.6. The molecule has 0 aliphatic rings. The number of aromatic nitrogens is 1. The van der Waals surface area contributed by atoms with Crippen LogP contribution in [0.5, 0.6) is 0 Å². The van der Waals surface area contributed by atoms with Crippen LogP contribution in [0.4, 0.5) is 4.79 Å². The highest BCUT2D eigenvalue weighted by Crippen LogP contribution is 2.13. The summed E-state index contributed by atoms with van der Waals surface area (Å²) in [6, 6.07) is -0.214. The number of rotatable bonds is 6. The molecule has 2 N–H and O–H groups in total. The molecule has 7 nitrogen and oxygen atoms in total. The lowest BCUT2D eigenvalue weighted by atomic mass is 10.0. The van der Waals surface area contributed by atoms with Crippen molar-refractivity contribution < 1.29 is 18.8 Å². The van der Waals surface area contributed by atoms with Crippen LogP contribution in [0.3, 0.4) is 0 Å².